The molecule has 0 aromatic heterocycles. The second-order valence-electron chi connectivity index (χ2n) is 3.27. The first-order chi connectivity index (χ1) is 7.79. The van der Waals surface area contributed by atoms with Crippen LogP contribution in [0.25, 0.3) is 0 Å². The Morgan fingerprint density at radius 3 is 2.12 bits per heavy atom. The van der Waals surface area contributed by atoms with Crippen LogP contribution in [-0.2, 0) is 4.79 Å². The molecule has 0 radical (unpaired) electrons. The lowest BCUT2D eigenvalue weighted by atomic mass is 10.2. The number of alkyl halides is 3. The van der Waals surface area contributed by atoms with E-state index in [1.54, 1.807) is 12.1 Å². The van der Waals surface area contributed by atoms with Crippen LogP contribution in [-0.4, -0.2) is 18.1 Å². The molecule has 0 aliphatic carbocycles. The molecular weight excluding hydrogens is 237 g/mol. The number of benzene rings is 1. The van der Waals surface area contributed by atoms with Gasteiger partial charge in [0, 0.05) is 5.69 Å². The molecule has 0 aliphatic heterocycles. The predicted molar refractivity (Wildman–Crippen MR) is 54.4 cm³/mol. The summed E-state index contributed by atoms with van der Waals surface area (Å²) in [6.45, 7) is 1.82. The highest BCUT2D eigenvalue weighted by atomic mass is 19.4. The van der Waals surface area contributed by atoms with Gasteiger partial charge in [-0.15, -0.1) is 0 Å². The summed E-state index contributed by atoms with van der Waals surface area (Å²) in [6.07, 6.45) is -5.08. The molecule has 7 heteroatoms. The van der Waals surface area contributed by atoms with Gasteiger partial charge in [0.05, 0.1) is 0 Å². The van der Waals surface area contributed by atoms with Crippen molar-refractivity contribution in [3.63, 3.8) is 0 Å². The van der Waals surface area contributed by atoms with E-state index in [1.807, 2.05) is 6.92 Å². The van der Waals surface area contributed by atoms with Crippen molar-refractivity contribution < 1.29 is 22.8 Å². The average Bonchev–Trinajstić information content (AvgIpc) is 2.20. The molecule has 0 spiro atoms. The molecule has 0 bridgehead atoms. The fourth-order valence-corrected chi connectivity index (χ4v) is 0.973. The van der Waals surface area contributed by atoms with Gasteiger partial charge in [0.1, 0.15) is 0 Å². The van der Waals surface area contributed by atoms with Crippen molar-refractivity contribution in [3.8, 4) is 0 Å². The Morgan fingerprint density at radius 2 is 1.65 bits per heavy atom. The van der Waals surface area contributed by atoms with Gasteiger partial charge in [0.2, 0.25) is 0 Å². The van der Waals surface area contributed by atoms with Crippen molar-refractivity contribution in [3.05, 3.63) is 29.8 Å². The monoisotopic (exact) mass is 246 g/mol. The number of imide groups is 1. The van der Waals surface area contributed by atoms with Gasteiger partial charge in [-0.05, 0) is 19.1 Å². The maximum absolute atomic E-state index is 11.8. The van der Waals surface area contributed by atoms with E-state index in [-0.39, 0.29) is 0 Å². The molecule has 92 valence electrons. The molecule has 0 heterocycles. The quantitative estimate of drug-likeness (QED) is 0.798. The molecule has 2 N–H and O–H groups in total. The van der Waals surface area contributed by atoms with Crippen LogP contribution in [0.5, 0.6) is 0 Å². The van der Waals surface area contributed by atoms with Crippen LogP contribution in [0.4, 0.5) is 23.7 Å². The largest absolute Gasteiger partial charge is 0.471 e. The third-order valence-corrected chi connectivity index (χ3v) is 1.79. The Kier molecular flexibility index (Phi) is 3.72. The second kappa shape index (κ2) is 4.86. The maximum atomic E-state index is 11.8. The Labute approximate surface area is 94.8 Å². The summed E-state index contributed by atoms with van der Waals surface area (Å²) in [4.78, 5) is 21.4. The topological polar surface area (TPSA) is 58.2 Å². The zero-order valence-electron chi connectivity index (χ0n) is 8.76. The molecular formula is C10H9F3N2O2. The number of halogens is 3. The van der Waals surface area contributed by atoms with Crippen molar-refractivity contribution in [1.82, 2.24) is 5.32 Å². The van der Waals surface area contributed by atoms with Crippen LogP contribution in [0.15, 0.2) is 24.3 Å². The van der Waals surface area contributed by atoms with Gasteiger partial charge in [-0.2, -0.15) is 13.2 Å². The van der Waals surface area contributed by atoms with Gasteiger partial charge in [0.25, 0.3) is 0 Å². The zero-order valence-corrected chi connectivity index (χ0v) is 8.76. The number of carbonyl (C=O) groups is 2. The number of carbonyl (C=O) groups excluding carboxylic acids is 2. The zero-order chi connectivity index (χ0) is 13.1. The van der Waals surface area contributed by atoms with Gasteiger partial charge < -0.3 is 5.32 Å². The summed E-state index contributed by atoms with van der Waals surface area (Å²) < 4.78 is 35.4. The van der Waals surface area contributed by atoms with Gasteiger partial charge in [0.15, 0.2) is 0 Å². The Morgan fingerprint density at radius 1 is 1.12 bits per heavy atom. The van der Waals surface area contributed by atoms with Gasteiger partial charge in [-0.1, -0.05) is 17.7 Å². The molecule has 1 aromatic rings. The van der Waals surface area contributed by atoms with Crippen molar-refractivity contribution in [2.75, 3.05) is 5.32 Å². The van der Waals surface area contributed by atoms with Crippen molar-refractivity contribution in [2.24, 2.45) is 0 Å². The Hall–Kier alpha value is -2.05. The standard InChI is InChI=1S/C10H9F3N2O2/c1-6-2-4-7(5-3-6)14-9(17)15-8(16)10(11,12)13/h2-5H,1H3,(H2,14,15,16,17). The lowest BCUT2D eigenvalue weighted by Gasteiger charge is -2.08. The third kappa shape index (κ3) is 4.13. The lowest BCUT2D eigenvalue weighted by Crippen LogP contribution is -2.42. The van der Waals surface area contributed by atoms with E-state index < -0.39 is 18.1 Å². The number of hydrogen-bond acceptors (Lipinski definition) is 2. The second-order valence-corrected chi connectivity index (χ2v) is 3.27. The maximum Gasteiger partial charge on any atom is 0.471 e. The molecule has 1 rings (SSSR count). The number of nitrogens with one attached hydrogen (secondary N) is 2. The van der Waals surface area contributed by atoms with Crippen molar-refractivity contribution >= 4 is 17.6 Å². The molecule has 17 heavy (non-hydrogen) atoms. The summed E-state index contributed by atoms with van der Waals surface area (Å²) in [7, 11) is 0. The van der Waals surface area contributed by atoms with Crippen molar-refractivity contribution in [2.45, 2.75) is 13.1 Å². The first-order valence-corrected chi connectivity index (χ1v) is 4.55. The molecule has 1 aromatic carbocycles. The molecule has 0 saturated carbocycles. The number of amides is 3. The summed E-state index contributed by atoms with van der Waals surface area (Å²) in [6, 6.07) is 5.12. The summed E-state index contributed by atoms with van der Waals surface area (Å²) in [5, 5.41) is 3.27. The highest BCUT2D eigenvalue weighted by molar-refractivity contribution is 6.02. The van der Waals surface area contributed by atoms with Crippen LogP contribution in [0.2, 0.25) is 0 Å². The third-order valence-electron chi connectivity index (χ3n) is 1.79. The molecule has 4 nitrogen and oxygen atoms in total. The van der Waals surface area contributed by atoms with Crippen LogP contribution in [0, 0.1) is 6.92 Å². The van der Waals surface area contributed by atoms with Crippen LogP contribution in [0.1, 0.15) is 5.56 Å². The van der Waals surface area contributed by atoms with Crippen LogP contribution >= 0.6 is 0 Å². The number of hydrogen-bond donors (Lipinski definition) is 2. The summed E-state index contributed by atoms with van der Waals surface area (Å²) >= 11 is 0. The van der Waals surface area contributed by atoms with Crippen LogP contribution < -0.4 is 10.6 Å². The van der Waals surface area contributed by atoms with E-state index in [9.17, 15) is 22.8 Å². The van der Waals surface area contributed by atoms with Crippen molar-refractivity contribution in [1.29, 1.82) is 0 Å². The molecule has 0 atom stereocenters. The normalized spacial score (nSPS) is 10.8. The Balaban J connectivity index is 2.56. The Bertz CT molecular complexity index is 426. The van der Waals surface area contributed by atoms with Crippen LogP contribution in [0.3, 0.4) is 0 Å². The van der Waals surface area contributed by atoms with E-state index >= 15 is 0 Å². The summed E-state index contributed by atoms with van der Waals surface area (Å²) in [5.41, 5.74) is 1.23. The van der Waals surface area contributed by atoms with Gasteiger partial charge >= 0.3 is 18.1 Å². The summed E-state index contributed by atoms with van der Waals surface area (Å²) in [5.74, 6) is -2.30. The molecule has 0 fully saturated rings. The number of rotatable bonds is 1. The number of urea groups is 1. The van der Waals surface area contributed by atoms with Gasteiger partial charge in [-0.3, -0.25) is 10.1 Å². The minimum atomic E-state index is -5.08. The number of aryl methyl sites for hydroxylation is 1. The van der Waals surface area contributed by atoms with E-state index in [0.29, 0.717) is 5.69 Å². The van der Waals surface area contributed by atoms with E-state index in [0.717, 1.165) is 5.56 Å². The fraction of sp³-hybridized carbons (Fsp3) is 0.200. The first-order valence-electron chi connectivity index (χ1n) is 4.55. The van der Waals surface area contributed by atoms with E-state index in [2.05, 4.69) is 5.32 Å². The number of anilines is 1. The molecule has 0 aliphatic rings. The smallest absolute Gasteiger partial charge is 0.308 e. The molecule has 0 saturated heterocycles. The van der Waals surface area contributed by atoms with Gasteiger partial charge in [-0.25, -0.2) is 4.79 Å². The highest BCUT2D eigenvalue weighted by Crippen LogP contribution is 2.14. The molecule has 3 amide bonds. The lowest BCUT2D eigenvalue weighted by molar-refractivity contribution is -0.172. The fourth-order valence-electron chi connectivity index (χ4n) is 0.973. The van der Waals surface area contributed by atoms with E-state index in [1.165, 1.54) is 17.4 Å². The minimum Gasteiger partial charge on any atom is -0.308 e. The van der Waals surface area contributed by atoms with E-state index in [4.69, 9.17) is 0 Å². The predicted octanol–water partition coefficient (Wildman–Crippen LogP) is 2.21. The SMILES string of the molecule is Cc1ccc(NC(=O)NC(=O)C(F)(F)F)cc1. The minimum absolute atomic E-state index is 0.295. The highest BCUT2D eigenvalue weighted by Gasteiger charge is 2.39. The first kappa shape index (κ1) is 13.0. The average molecular weight is 246 g/mol. The molecule has 0 unspecified atom stereocenters.